The lowest BCUT2D eigenvalue weighted by Crippen LogP contribution is -2.16. The lowest BCUT2D eigenvalue weighted by Gasteiger charge is -2.11. The van der Waals surface area contributed by atoms with Gasteiger partial charge in [0.1, 0.15) is 0 Å². The monoisotopic (exact) mass is 987 g/mol. The fourth-order valence-corrected chi connectivity index (χ4v) is 8.45. The van der Waals surface area contributed by atoms with Crippen LogP contribution in [0.2, 0.25) is 0 Å². The van der Waals surface area contributed by atoms with Gasteiger partial charge >= 0.3 is 0 Å². The zero-order valence-corrected chi connectivity index (χ0v) is 34.8. The first-order valence-electron chi connectivity index (χ1n) is 19.6. The molecule has 0 atom stereocenters. The highest BCUT2D eigenvalue weighted by molar-refractivity contribution is 8.13. The van der Waals surface area contributed by atoms with Gasteiger partial charge in [0, 0.05) is 55.8 Å². The third kappa shape index (κ3) is 7.49. The molecule has 0 saturated carbocycles. The van der Waals surface area contributed by atoms with Crippen molar-refractivity contribution in [1.29, 1.82) is 0 Å². The van der Waals surface area contributed by atoms with E-state index in [0.717, 1.165) is 48.2 Å². The number of fused-ring (bicyclic) bond motifs is 8. The lowest BCUT2D eigenvalue weighted by molar-refractivity contribution is 0.261. The van der Waals surface area contributed by atoms with E-state index in [-0.39, 0.29) is 22.3 Å². The van der Waals surface area contributed by atoms with Crippen LogP contribution in [0.15, 0.2) is 53.4 Å². The maximum Gasteiger partial charge on any atom is 0.283 e. The van der Waals surface area contributed by atoms with Gasteiger partial charge in [-0.25, -0.2) is 75.8 Å². The highest BCUT2D eigenvalue weighted by Gasteiger charge is 2.34. The van der Waals surface area contributed by atoms with E-state index in [1.807, 2.05) is 0 Å². The summed E-state index contributed by atoms with van der Waals surface area (Å²) in [4.78, 5) is 26.6. The molecule has 3 N–H and O–H groups in total. The molecule has 1 amide bonds. The zero-order chi connectivity index (χ0) is 49.5. The summed E-state index contributed by atoms with van der Waals surface area (Å²) in [6.07, 6.45) is 3.83. The molecular formula is C47H20F15N5OS. The lowest BCUT2D eigenvalue weighted by atomic mass is 10.0. The first-order valence-corrected chi connectivity index (χ1v) is 20.4. The molecule has 0 fully saturated rings. The number of hydrogen-bond donors (Lipinski definition) is 3. The highest BCUT2D eigenvalue weighted by atomic mass is 32.2. The van der Waals surface area contributed by atoms with Gasteiger partial charge in [0.2, 0.25) is 17.5 Å². The van der Waals surface area contributed by atoms with Crippen molar-refractivity contribution in [2.75, 3.05) is 6.54 Å². The van der Waals surface area contributed by atoms with Crippen molar-refractivity contribution in [2.45, 2.75) is 11.8 Å². The third-order valence-electron chi connectivity index (χ3n) is 10.8. The van der Waals surface area contributed by atoms with E-state index in [4.69, 9.17) is 0 Å². The number of thioether (sulfide) groups is 1. The first kappa shape index (κ1) is 46.4. The second-order valence-corrected chi connectivity index (χ2v) is 15.8. The Morgan fingerprint density at radius 3 is 0.986 bits per heavy atom. The van der Waals surface area contributed by atoms with E-state index in [1.54, 1.807) is 6.92 Å². The standard InChI is InChI=1S/C47H20F15N5OS/c1-2-63-47(68)69-16-5-3-15(4-6-16)25-17-7-9-19(64-17)26(29-32(48)38(54)44(60)39(55)33(29)49)21-11-13-23(66-21)28(31-36(52)42(58)46(62)43(59)37(31)53)24-14-12-22(67-24)27(20-10-8-18(25)65-20)30-34(50)40(56)45(61)41(57)35(30)51/h3-14,64,67H,2H2,1H3,(H,63,68). The fourth-order valence-electron chi connectivity index (χ4n) is 7.75. The average molecular weight is 988 g/mol. The Bertz CT molecular complexity index is 3490. The molecule has 2 aliphatic rings. The topological polar surface area (TPSA) is 86.5 Å². The van der Waals surface area contributed by atoms with Gasteiger partial charge in [-0.05, 0) is 85.0 Å². The number of aromatic nitrogens is 4. The summed E-state index contributed by atoms with van der Waals surface area (Å²) < 4.78 is 229. The number of hydrogen-bond acceptors (Lipinski definition) is 4. The van der Waals surface area contributed by atoms with Crippen LogP contribution in [0, 0.1) is 87.3 Å². The molecule has 3 aromatic heterocycles. The molecule has 4 aromatic carbocycles. The number of aromatic amines is 2. The number of carbonyl (C=O) groups is 1. The van der Waals surface area contributed by atoms with E-state index in [9.17, 15) is 26.7 Å². The largest absolute Gasteiger partial charge is 0.354 e. The summed E-state index contributed by atoms with van der Waals surface area (Å²) in [6.45, 7) is 1.98. The Kier molecular flexibility index (Phi) is 11.7. The minimum atomic E-state index is -2.62. The summed E-state index contributed by atoms with van der Waals surface area (Å²) in [5.41, 5.74) is -12.1. The third-order valence-corrected chi connectivity index (χ3v) is 11.6. The SMILES string of the molecule is CCNC(=O)Sc1ccc(-c2c3nc(c(-c4c(F)c(F)c(F)c(F)c4F)c4ccc([nH]4)c(-c4c(F)c(F)c(F)c(F)c4F)c4nc(c(-c5c(F)c(F)c(F)c(F)c5F)c5ccc2[nH]5)C=C4)C=C3)cc1. The minimum absolute atomic E-state index is 0.00654. The van der Waals surface area contributed by atoms with Gasteiger partial charge in [0.15, 0.2) is 69.8 Å². The van der Waals surface area contributed by atoms with Crippen LogP contribution in [-0.2, 0) is 0 Å². The van der Waals surface area contributed by atoms with Gasteiger partial charge in [-0.3, -0.25) is 4.79 Å². The number of amides is 1. The van der Waals surface area contributed by atoms with Crippen LogP contribution < -0.4 is 5.32 Å². The maximum absolute atomic E-state index is 15.9. The molecular weight excluding hydrogens is 968 g/mol. The Morgan fingerprint density at radius 1 is 0.406 bits per heavy atom. The van der Waals surface area contributed by atoms with Crippen molar-refractivity contribution in [1.82, 2.24) is 25.3 Å². The summed E-state index contributed by atoms with van der Waals surface area (Å²) in [5, 5.41) is 2.16. The van der Waals surface area contributed by atoms with Crippen LogP contribution in [-0.4, -0.2) is 31.7 Å². The smallest absolute Gasteiger partial charge is 0.283 e. The number of nitrogens with zero attached hydrogens (tertiary/aromatic N) is 2. The maximum atomic E-state index is 15.9. The Hall–Kier alpha value is -7.75. The van der Waals surface area contributed by atoms with Crippen LogP contribution in [0.3, 0.4) is 0 Å². The number of halogens is 15. The van der Waals surface area contributed by atoms with Crippen LogP contribution in [0.4, 0.5) is 70.7 Å². The van der Waals surface area contributed by atoms with Crippen molar-refractivity contribution in [3.63, 3.8) is 0 Å². The summed E-state index contributed by atoms with van der Waals surface area (Å²) >= 11 is 0.793. The van der Waals surface area contributed by atoms with Crippen molar-refractivity contribution in [3.8, 4) is 44.5 Å². The first-order chi connectivity index (χ1) is 32.8. The van der Waals surface area contributed by atoms with Gasteiger partial charge in [-0.1, -0.05) is 12.1 Å². The van der Waals surface area contributed by atoms with E-state index in [1.165, 1.54) is 36.4 Å². The quantitative estimate of drug-likeness (QED) is 0.0670. The molecule has 0 aliphatic carbocycles. The number of H-pyrrole nitrogens is 2. The molecule has 6 nitrogen and oxygen atoms in total. The van der Waals surface area contributed by atoms with Crippen molar-refractivity contribution in [3.05, 3.63) is 159 Å². The molecule has 5 heterocycles. The Balaban J connectivity index is 1.51. The van der Waals surface area contributed by atoms with Crippen LogP contribution in [0.25, 0.3) is 90.9 Å². The number of rotatable bonds is 6. The number of benzene rings is 4. The second-order valence-electron chi connectivity index (χ2n) is 14.8. The van der Waals surface area contributed by atoms with Gasteiger partial charge in [0.25, 0.3) is 5.24 Å². The van der Waals surface area contributed by atoms with E-state index < -0.39 is 160 Å². The molecule has 8 bridgehead atoms. The summed E-state index contributed by atoms with van der Waals surface area (Å²) in [6, 6.07) is 9.79. The predicted octanol–water partition coefficient (Wildman–Crippen LogP) is 14.2. The van der Waals surface area contributed by atoms with Crippen molar-refractivity contribution >= 4 is 63.4 Å². The van der Waals surface area contributed by atoms with E-state index >= 15 is 43.9 Å². The Morgan fingerprint density at radius 2 is 0.681 bits per heavy atom. The van der Waals surface area contributed by atoms with Crippen LogP contribution in [0.1, 0.15) is 29.7 Å². The van der Waals surface area contributed by atoms with Gasteiger partial charge in [-0.2, -0.15) is 0 Å². The highest BCUT2D eigenvalue weighted by Crippen LogP contribution is 2.43. The molecule has 0 radical (unpaired) electrons. The van der Waals surface area contributed by atoms with Crippen molar-refractivity contribution < 1.29 is 70.7 Å². The van der Waals surface area contributed by atoms with Crippen LogP contribution >= 0.6 is 11.8 Å². The van der Waals surface area contributed by atoms with Gasteiger partial charge in [-0.15, -0.1) is 0 Å². The summed E-state index contributed by atoms with van der Waals surface area (Å²) in [5.74, 6) is -37.0. The molecule has 69 heavy (non-hydrogen) atoms. The predicted molar refractivity (Wildman–Crippen MR) is 225 cm³/mol. The van der Waals surface area contributed by atoms with Gasteiger partial charge < -0.3 is 15.3 Å². The summed E-state index contributed by atoms with van der Waals surface area (Å²) in [7, 11) is 0. The normalized spacial score (nSPS) is 12.1. The average Bonchev–Trinajstić information content (AvgIpc) is 4.19. The molecule has 7 aromatic rings. The molecule has 22 heteroatoms. The zero-order valence-electron chi connectivity index (χ0n) is 34.0. The number of nitrogens with one attached hydrogen (secondary N) is 3. The van der Waals surface area contributed by atoms with Gasteiger partial charge in [0.05, 0.1) is 39.5 Å². The number of carbonyl (C=O) groups excluding carboxylic acids is 1. The molecule has 0 saturated heterocycles. The molecule has 0 spiro atoms. The molecule has 0 unspecified atom stereocenters. The second kappa shape index (κ2) is 17.4. The van der Waals surface area contributed by atoms with E-state index in [2.05, 4.69) is 25.3 Å². The molecule has 9 rings (SSSR count). The Labute approximate surface area is 379 Å². The fraction of sp³-hybridized carbons (Fsp3) is 0.0426. The minimum Gasteiger partial charge on any atom is -0.354 e. The van der Waals surface area contributed by atoms with Crippen molar-refractivity contribution in [2.24, 2.45) is 0 Å². The molecule has 350 valence electrons. The van der Waals surface area contributed by atoms with E-state index in [0.29, 0.717) is 11.4 Å². The molecule has 2 aliphatic heterocycles. The van der Waals surface area contributed by atoms with Crippen LogP contribution in [0.5, 0.6) is 0 Å².